The molecule has 4 N–H and O–H groups in total. The van der Waals surface area contributed by atoms with Crippen LogP contribution < -0.4 is 21.5 Å². The van der Waals surface area contributed by atoms with E-state index in [4.69, 9.17) is 0 Å². The first-order valence-corrected chi connectivity index (χ1v) is 8.12. The lowest BCUT2D eigenvalue weighted by Crippen LogP contribution is -2.45. The lowest BCUT2D eigenvalue weighted by atomic mass is 10.1. The molecular formula is C17H20N6O2. The van der Waals surface area contributed by atoms with Crippen LogP contribution in [0.25, 0.3) is 0 Å². The number of carbonyl (C=O) groups is 2. The van der Waals surface area contributed by atoms with Gasteiger partial charge >= 0.3 is 0 Å². The molecule has 3 rings (SSSR count). The van der Waals surface area contributed by atoms with Gasteiger partial charge in [0, 0.05) is 31.7 Å². The number of hydrazine groups is 1. The Balaban J connectivity index is 1.38. The van der Waals surface area contributed by atoms with Gasteiger partial charge in [-0.1, -0.05) is 6.07 Å². The molecule has 8 heteroatoms. The molecule has 0 aliphatic carbocycles. The number of nitrogens with one attached hydrogen (secondary N) is 4. The third-order valence-corrected chi connectivity index (χ3v) is 3.90. The van der Waals surface area contributed by atoms with Gasteiger partial charge in [-0.25, -0.2) is 10.9 Å². The maximum atomic E-state index is 12.2. The molecule has 1 aliphatic heterocycles. The minimum Gasteiger partial charge on any atom is -0.353 e. The lowest BCUT2D eigenvalue weighted by molar-refractivity contribution is -0.122. The highest BCUT2D eigenvalue weighted by atomic mass is 16.2. The standard InChI is InChI=1S/C17H20N6O2/c24-16(12-4-3-6-18-11-12)20-8-9-21-17(25)15-10-14(22-23-15)13-5-1-2-7-19-13/h1-7,11,14-15,22-23H,8-10H2,(H,20,24)(H,21,25). The van der Waals surface area contributed by atoms with Crippen molar-refractivity contribution in [3.63, 3.8) is 0 Å². The van der Waals surface area contributed by atoms with Crippen molar-refractivity contribution in [1.82, 2.24) is 31.5 Å². The molecule has 2 atom stereocenters. The van der Waals surface area contributed by atoms with Gasteiger partial charge < -0.3 is 10.6 Å². The highest BCUT2D eigenvalue weighted by Gasteiger charge is 2.30. The fourth-order valence-electron chi connectivity index (χ4n) is 2.59. The highest BCUT2D eigenvalue weighted by Crippen LogP contribution is 2.19. The Kier molecular flexibility index (Phi) is 5.65. The molecule has 1 saturated heterocycles. The minimum absolute atomic E-state index is 0.00207. The van der Waals surface area contributed by atoms with Crippen molar-refractivity contribution < 1.29 is 9.59 Å². The van der Waals surface area contributed by atoms with Crippen LogP contribution in [0.4, 0.5) is 0 Å². The average Bonchev–Trinajstić information content (AvgIpc) is 3.16. The number of nitrogens with zero attached hydrogens (tertiary/aromatic N) is 2. The van der Waals surface area contributed by atoms with E-state index in [1.54, 1.807) is 24.5 Å². The summed E-state index contributed by atoms with van der Waals surface area (Å²) in [6, 6.07) is 8.76. The molecule has 2 aromatic rings. The summed E-state index contributed by atoms with van der Waals surface area (Å²) in [7, 11) is 0. The Morgan fingerprint density at radius 2 is 1.96 bits per heavy atom. The van der Waals surface area contributed by atoms with E-state index in [2.05, 4.69) is 31.5 Å². The quantitative estimate of drug-likeness (QED) is 0.548. The summed E-state index contributed by atoms with van der Waals surface area (Å²) in [5, 5.41) is 5.55. The van der Waals surface area contributed by atoms with Crippen molar-refractivity contribution in [3.8, 4) is 0 Å². The Hall–Kier alpha value is -2.84. The Morgan fingerprint density at radius 3 is 2.72 bits per heavy atom. The molecule has 0 bridgehead atoms. The number of pyridine rings is 2. The summed E-state index contributed by atoms with van der Waals surface area (Å²) in [6.07, 6.45) is 5.46. The maximum Gasteiger partial charge on any atom is 0.252 e. The van der Waals surface area contributed by atoms with Gasteiger partial charge in [-0.2, -0.15) is 0 Å². The fraction of sp³-hybridized carbons (Fsp3) is 0.294. The van der Waals surface area contributed by atoms with E-state index < -0.39 is 0 Å². The van der Waals surface area contributed by atoms with Crippen LogP contribution in [0.2, 0.25) is 0 Å². The van der Waals surface area contributed by atoms with Gasteiger partial charge in [0.05, 0.1) is 17.3 Å². The summed E-state index contributed by atoms with van der Waals surface area (Å²) in [6.45, 7) is 0.709. The Labute approximate surface area is 145 Å². The zero-order valence-corrected chi connectivity index (χ0v) is 13.6. The second-order valence-corrected chi connectivity index (χ2v) is 5.67. The van der Waals surface area contributed by atoms with E-state index >= 15 is 0 Å². The lowest BCUT2D eigenvalue weighted by Gasteiger charge is -2.11. The maximum absolute atomic E-state index is 12.2. The van der Waals surface area contributed by atoms with Crippen molar-refractivity contribution >= 4 is 11.8 Å². The minimum atomic E-state index is -0.332. The summed E-state index contributed by atoms with van der Waals surface area (Å²) < 4.78 is 0. The third kappa shape index (κ3) is 4.59. The predicted molar refractivity (Wildman–Crippen MR) is 91.2 cm³/mol. The topological polar surface area (TPSA) is 108 Å². The van der Waals surface area contributed by atoms with Gasteiger partial charge in [0.2, 0.25) is 5.91 Å². The molecule has 0 spiro atoms. The van der Waals surface area contributed by atoms with Crippen LogP contribution in [-0.2, 0) is 4.79 Å². The number of amides is 2. The third-order valence-electron chi connectivity index (χ3n) is 3.90. The van der Waals surface area contributed by atoms with Crippen LogP contribution in [0, 0.1) is 0 Å². The van der Waals surface area contributed by atoms with Gasteiger partial charge in [0.15, 0.2) is 0 Å². The van der Waals surface area contributed by atoms with E-state index in [1.165, 1.54) is 6.20 Å². The molecule has 8 nitrogen and oxygen atoms in total. The smallest absolute Gasteiger partial charge is 0.252 e. The molecule has 3 heterocycles. The van der Waals surface area contributed by atoms with Gasteiger partial charge in [-0.05, 0) is 30.7 Å². The van der Waals surface area contributed by atoms with E-state index in [9.17, 15) is 9.59 Å². The largest absolute Gasteiger partial charge is 0.353 e. The van der Waals surface area contributed by atoms with Gasteiger partial charge in [0.25, 0.3) is 5.91 Å². The van der Waals surface area contributed by atoms with Crippen LogP contribution >= 0.6 is 0 Å². The molecule has 0 saturated carbocycles. The molecule has 1 aliphatic rings. The summed E-state index contributed by atoms with van der Waals surface area (Å²) >= 11 is 0. The molecule has 2 unspecified atom stereocenters. The van der Waals surface area contributed by atoms with Crippen molar-refractivity contribution in [2.75, 3.05) is 13.1 Å². The van der Waals surface area contributed by atoms with E-state index in [0.717, 1.165) is 5.69 Å². The first-order chi connectivity index (χ1) is 12.2. The molecule has 0 radical (unpaired) electrons. The van der Waals surface area contributed by atoms with E-state index in [-0.39, 0.29) is 23.9 Å². The average molecular weight is 340 g/mol. The number of carbonyl (C=O) groups excluding carboxylic acids is 2. The van der Waals surface area contributed by atoms with Crippen molar-refractivity contribution in [2.24, 2.45) is 0 Å². The number of rotatable bonds is 6. The molecule has 1 fully saturated rings. The Morgan fingerprint density at radius 1 is 1.08 bits per heavy atom. The van der Waals surface area contributed by atoms with Crippen molar-refractivity contribution in [2.45, 2.75) is 18.5 Å². The van der Waals surface area contributed by atoms with E-state index in [1.807, 2.05) is 18.2 Å². The summed E-state index contributed by atoms with van der Waals surface area (Å²) in [5.41, 5.74) is 7.46. The fourth-order valence-corrected chi connectivity index (χ4v) is 2.59. The van der Waals surface area contributed by atoms with Crippen LogP contribution in [0.15, 0.2) is 48.9 Å². The highest BCUT2D eigenvalue weighted by molar-refractivity contribution is 5.93. The summed E-state index contributed by atoms with van der Waals surface area (Å²) in [4.78, 5) is 32.2. The number of hydrogen-bond acceptors (Lipinski definition) is 6. The van der Waals surface area contributed by atoms with Crippen LogP contribution in [0.5, 0.6) is 0 Å². The van der Waals surface area contributed by atoms with Crippen LogP contribution in [0.1, 0.15) is 28.5 Å². The monoisotopic (exact) mass is 340 g/mol. The number of hydrogen-bond donors (Lipinski definition) is 4. The van der Waals surface area contributed by atoms with Gasteiger partial charge in [0.1, 0.15) is 6.04 Å². The summed E-state index contributed by atoms with van der Waals surface area (Å²) in [5.74, 6) is -0.320. The Bertz CT molecular complexity index is 710. The number of aromatic nitrogens is 2. The van der Waals surface area contributed by atoms with Crippen molar-refractivity contribution in [1.29, 1.82) is 0 Å². The molecule has 2 amide bonds. The van der Waals surface area contributed by atoms with Gasteiger partial charge in [-0.15, -0.1) is 0 Å². The molecule has 0 aromatic carbocycles. The van der Waals surface area contributed by atoms with Crippen molar-refractivity contribution in [3.05, 3.63) is 60.2 Å². The SMILES string of the molecule is O=C(NCCNC(=O)C1CC(c2ccccn2)NN1)c1cccnc1. The predicted octanol–water partition coefficient (Wildman–Crippen LogP) is -0.0696. The van der Waals surface area contributed by atoms with Crippen LogP contribution in [-0.4, -0.2) is 40.9 Å². The zero-order chi connectivity index (χ0) is 17.5. The normalized spacial score (nSPS) is 19.4. The van der Waals surface area contributed by atoms with E-state index in [0.29, 0.717) is 25.1 Å². The first kappa shape index (κ1) is 17.0. The molecule has 130 valence electrons. The molecule has 2 aromatic heterocycles. The van der Waals surface area contributed by atoms with Crippen LogP contribution in [0.3, 0.4) is 0 Å². The molecular weight excluding hydrogens is 320 g/mol. The second-order valence-electron chi connectivity index (χ2n) is 5.67. The van der Waals surface area contributed by atoms with Gasteiger partial charge in [-0.3, -0.25) is 19.6 Å². The molecule has 25 heavy (non-hydrogen) atoms. The second kappa shape index (κ2) is 8.32. The first-order valence-electron chi connectivity index (χ1n) is 8.12. The zero-order valence-electron chi connectivity index (χ0n) is 13.6.